The van der Waals surface area contributed by atoms with Crippen LogP contribution in [0.1, 0.15) is 20.3 Å². The molecule has 15 heavy (non-hydrogen) atoms. The molecule has 0 aliphatic carbocycles. The fourth-order valence-electron chi connectivity index (χ4n) is 0.916. The summed E-state index contributed by atoms with van der Waals surface area (Å²) in [7, 11) is 0. The third-order valence-electron chi connectivity index (χ3n) is 2.57. The molecule has 0 aliphatic heterocycles. The summed E-state index contributed by atoms with van der Waals surface area (Å²) in [4.78, 5) is 22.2. The van der Waals surface area contributed by atoms with Gasteiger partial charge in [-0.15, -0.1) is 0 Å². The van der Waals surface area contributed by atoms with Crippen LogP contribution in [0.4, 0.5) is 0 Å². The smallest absolute Gasteiger partial charge is 0.328 e. The molecular weight excluding hydrogens is 200 g/mol. The Morgan fingerprint density at radius 3 is 2.33 bits per heavy atom. The number of nitrogens with two attached hydrogens (primary N) is 1. The second kappa shape index (κ2) is 5.67. The summed E-state index contributed by atoms with van der Waals surface area (Å²) in [6, 6.07) is -1.27. The van der Waals surface area contributed by atoms with Gasteiger partial charge >= 0.3 is 5.97 Å². The van der Waals surface area contributed by atoms with Crippen LogP contribution in [0.3, 0.4) is 0 Å². The molecule has 6 heteroatoms. The van der Waals surface area contributed by atoms with Crippen LogP contribution < -0.4 is 11.1 Å². The van der Waals surface area contributed by atoms with Crippen molar-refractivity contribution >= 4 is 11.9 Å². The summed E-state index contributed by atoms with van der Waals surface area (Å²) in [6.07, 6.45) is 0.507. The van der Waals surface area contributed by atoms with E-state index in [-0.39, 0.29) is 6.54 Å². The summed E-state index contributed by atoms with van der Waals surface area (Å²) in [5.74, 6) is -1.71. The van der Waals surface area contributed by atoms with Crippen molar-refractivity contribution < 1.29 is 19.8 Å². The Bertz CT molecular complexity index is 238. The third-order valence-corrected chi connectivity index (χ3v) is 2.57. The van der Waals surface area contributed by atoms with Crippen molar-refractivity contribution in [3.05, 3.63) is 0 Å². The highest BCUT2D eigenvalue weighted by atomic mass is 16.4. The van der Waals surface area contributed by atoms with Gasteiger partial charge in [0, 0.05) is 6.54 Å². The first-order chi connectivity index (χ1) is 6.91. The lowest BCUT2D eigenvalue weighted by Gasteiger charge is -2.26. The number of carbonyl (C=O) groups excluding carboxylic acids is 1. The van der Waals surface area contributed by atoms with E-state index in [0.29, 0.717) is 6.42 Å². The van der Waals surface area contributed by atoms with Crippen LogP contribution in [0.2, 0.25) is 0 Å². The molecule has 0 rings (SSSR count). The van der Waals surface area contributed by atoms with Crippen LogP contribution in [0.25, 0.3) is 0 Å². The maximum absolute atomic E-state index is 11.6. The van der Waals surface area contributed by atoms with Crippen molar-refractivity contribution in [2.45, 2.75) is 26.3 Å². The molecule has 0 aliphatic rings. The number of carboxylic acid groups (broad SMARTS) is 1. The molecule has 2 atom stereocenters. The van der Waals surface area contributed by atoms with Crippen molar-refractivity contribution in [2.75, 3.05) is 13.2 Å². The molecule has 0 bridgehead atoms. The van der Waals surface area contributed by atoms with Gasteiger partial charge < -0.3 is 21.3 Å². The summed E-state index contributed by atoms with van der Waals surface area (Å²) in [5.41, 5.74) is 4.65. The zero-order valence-corrected chi connectivity index (χ0v) is 8.99. The van der Waals surface area contributed by atoms with Crippen LogP contribution >= 0.6 is 0 Å². The van der Waals surface area contributed by atoms with Crippen LogP contribution in [0.5, 0.6) is 0 Å². The Hall–Kier alpha value is -1.14. The van der Waals surface area contributed by atoms with Crippen molar-refractivity contribution in [2.24, 2.45) is 11.1 Å². The quantitative estimate of drug-likeness (QED) is 0.453. The van der Waals surface area contributed by atoms with Gasteiger partial charge in [0.15, 0.2) is 0 Å². The normalized spacial score (nSPS) is 16.5. The Balaban J connectivity index is 4.52. The van der Waals surface area contributed by atoms with Crippen molar-refractivity contribution in [1.29, 1.82) is 0 Å². The first-order valence-corrected chi connectivity index (χ1v) is 4.76. The van der Waals surface area contributed by atoms with E-state index in [9.17, 15) is 9.59 Å². The lowest BCUT2D eigenvalue weighted by molar-refractivity contribution is -0.144. The van der Waals surface area contributed by atoms with E-state index in [1.54, 1.807) is 13.8 Å². The Morgan fingerprint density at radius 1 is 1.53 bits per heavy atom. The molecule has 0 fully saturated rings. The zero-order valence-electron chi connectivity index (χ0n) is 8.99. The van der Waals surface area contributed by atoms with Gasteiger partial charge in [0.2, 0.25) is 5.91 Å². The minimum Gasteiger partial charge on any atom is -0.480 e. The van der Waals surface area contributed by atoms with E-state index in [4.69, 9.17) is 15.9 Å². The van der Waals surface area contributed by atoms with E-state index >= 15 is 0 Å². The largest absolute Gasteiger partial charge is 0.480 e. The number of aliphatic hydroxyl groups is 1. The van der Waals surface area contributed by atoms with Crippen LogP contribution in [0.15, 0.2) is 0 Å². The van der Waals surface area contributed by atoms with Crippen molar-refractivity contribution in [3.8, 4) is 0 Å². The predicted octanol–water partition coefficient (Wildman–Crippen LogP) is -1.08. The van der Waals surface area contributed by atoms with Gasteiger partial charge in [0.05, 0.1) is 12.0 Å². The molecule has 88 valence electrons. The molecule has 0 radical (unpaired) electrons. The van der Waals surface area contributed by atoms with Gasteiger partial charge in [-0.25, -0.2) is 4.79 Å². The molecule has 0 spiro atoms. The molecule has 5 N–H and O–H groups in total. The molecule has 0 saturated heterocycles. The average molecular weight is 218 g/mol. The molecule has 0 aromatic rings. The standard InChI is InChI=1S/C9H18N2O4/c1-3-9(2,5-10)8(15)11-6(4-12)7(13)14/h6,12H,3-5,10H2,1-2H3,(H,11,15)(H,13,14)/t6-,9?/m1/s1. The summed E-state index contributed by atoms with van der Waals surface area (Å²) >= 11 is 0. The van der Waals surface area contributed by atoms with Gasteiger partial charge in [-0.2, -0.15) is 0 Å². The van der Waals surface area contributed by atoms with Gasteiger partial charge in [0.25, 0.3) is 0 Å². The van der Waals surface area contributed by atoms with E-state index in [1.165, 1.54) is 0 Å². The van der Waals surface area contributed by atoms with Crippen LogP contribution in [-0.4, -0.2) is 41.3 Å². The van der Waals surface area contributed by atoms with Gasteiger partial charge in [0.1, 0.15) is 6.04 Å². The van der Waals surface area contributed by atoms with Crippen molar-refractivity contribution in [1.82, 2.24) is 5.32 Å². The summed E-state index contributed by atoms with van der Waals surface area (Å²) < 4.78 is 0. The number of carboxylic acids is 1. The second-order valence-electron chi connectivity index (χ2n) is 3.67. The Morgan fingerprint density at radius 2 is 2.07 bits per heavy atom. The molecule has 1 unspecified atom stereocenters. The van der Waals surface area contributed by atoms with E-state index in [0.717, 1.165) is 0 Å². The number of carbonyl (C=O) groups is 2. The fourth-order valence-corrected chi connectivity index (χ4v) is 0.916. The first kappa shape index (κ1) is 13.9. The number of hydrogen-bond acceptors (Lipinski definition) is 4. The lowest BCUT2D eigenvalue weighted by atomic mass is 9.86. The number of aliphatic hydroxyl groups excluding tert-OH is 1. The highest BCUT2D eigenvalue weighted by Gasteiger charge is 2.32. The fraction of sp³-hybridized carbons (Fsp3) is 0.778. The molecular formula is C9H18N2O4. The topological polar surface area (TPSA) is 113 Å². The maximum Gasteiger partial charge on any atom is 0.328 e. The third kappa shape index (κ3) is 3.49. The average Bonchev–Trinajstić information content (AvgIpc) is 2.23. The number of aliphatic carboxylic acids is 1. The molecule has 0 saturated carbocycles. The lowest BCUT2D eigenvalue weighted by Crippen LogP contribution is -2.51. The highest BCUT2D eigenvalue weighted by molar-refractivity contribution is 5.87. The zero-order chi connectivity index (χ0) is 12.1. The molecule has 1 amide bonds. The number of nitrogens with one attached hydrogen (secondary N) is 1. The Kier molecular flexibility index (Phi) is 5.24. The van der Waals surface area contributed by atoms with E-state index in [1.807, 2.05) is 0 Å². The monoisotopic (exact) mass is 218 g/mol. The van der Waals surface area contributed by atoms with E-state index < -0.39 is 29.9 Å². The van der Waals surface area contributed by atoms with Crippen LogP contribution in [-0.2, 0) is 9.59 Å². The molecule has 0 heterocycles. The number of amides is 1. The van der Waals surface area contributed by atoms with Gasteiger partial charge in [-0.05, 0) is 13.3 Å². The maximum atomic E-state index is 11.6. The molecule has 0 aromatic carbocycles. The van der Waals surface area contributed by atoms with Crippen molar-refractivity contribution in [3.63, 3.8) is 0 Å². The van der Waals surface area contributed by atoms with Crippen LogP contribution in [0, 0.1) is 5.41 Å². The Labute approximate surface area is 88.5 Å². The minimum absolute atomic E-state index is 0.132. The highest BCUT2D eigenvalue weighted by Crippen LogP contribution is 2.19. The van der Waals surface area contributed by atoms with Gasteiger partial charge in [-0.3, -0.25) is 4.79 Å². The summed E-state index contributed by atoms with van der Waals surface area (Å²) in [6.45, 7) is 2.94. The number of hydrogen-bond donors (Lipinski definition) is 4. The molecule has 0 aromatic heterocycles. The first-order valence-electron chi connectivity index (χ1n) is 4.76. The predicted molar refractivity (Wildman–Crippen MR) is 54.1 cm³/mol. The van der Waals surface area contributed by atoms with Gasteiger partial charge in [-0.1, -0.05) is 6.92 Å². The van der Waals surface area contributed by atoms with E-state index in [2.05, 4.69) is 5.32 Å². The minimum atomic E-state index is -1.27. The molecule has 6 nitrogen and oxygen atoms in total. The number of rotatable bonds is 6. The summed E-state index contributed by atoms with van der Waals surface area (Å²) in [5, 5.41) is 19.6. The second-order valence-corrected chi connectivity index (χ2v) is 3.67. The SMILES string of the molecule is CCC(C)(CN)C(=O)N[C@H](CO)C(=O)O.